The van der Waals surface area contributed by atoms with E-state index >= 15 is 0 Å². The summed E-state index contributed by atoms with van der Waals surface area (Å²) in [5, 5.41) is 18.5. The highest BCUT2D eigenvalue weighted by Crippen LogP contribution is 2.18. The summed E-state index contributed by atoms with van der Waals surface area (Å²) >= 11 is 0. The Morgan fingerprint density at radius 3 is 3.11 bits per heavy atom. The molecule has 0 saturated carbocycles. The third-order valence-electron chi connectivity index (χ3n) is 2.50. The van der Waals surface area contributed by atoms with Gasteiger partial charge in [0, 0.05) is 6.54 Å². The highest BCUT2D eigenvalue weighted by Gasteiger charge is 2.09. The molecule has 0 spiro atoms. The van der Waals surface area contributed by atoms with Crippen LogP contribution in [0.4, 0.5) is 11.6 Å². The lowest BCUT2D eigenvalue weighted by Crippen LogP contribution is -2.01. The Labute approximate surface area is 104 Å². The molecule has 0 aliphatic rings. The molecule has 2 aromatic rings. The monoisotopic (exact) mass is 243 g/mol. The van der Waals surface area contributed by atoms with Crippen LogP contribution in [0.1, 0.15) is 11.1 Å². The first kappa shape index (κ1) is 11.8. The van der Waals surface area contributed by atoms with Gasteiger partial charge in [-0.2, -0.15) is 10.4 Å². The van der Waals surface area contributed by atoms with Crippen molar-refractivity contribution in [3.63, 3.8) is 0 Å². The van der Waals surface area contributed by atoms with Crippen molar-refractivity contribution in [2.24, 2.45) is 0 Å². The first-order valence-electron chi connectivity index (χ1n) is 5.35. The van der Waals surface area contributed by atoms with Gasteiger partial charge in [-0.3, -0.25) is 5.10 Å². The summed E-state index contributed by atoms with van der Waals surface area (Å²) in [5.74, 6) is 1.51. The van der Waals surface area contributed by atoms with Gasteiger partial charge in [-0.25, -0.2) is 0 Å². The maximum atomic E-state index is 8.92. The van der Waals surface area contributed by atoms with Crippen LogP contribution in [0.2, 0.25) is 0 Å². The van der Waals surface area contributed by atoms with Crippen molar-refractivity contribution < 1.29 is 4.74 Å². The van der Waals surface area contributed by atoms with Gasteiger partial charge in [0.15, 0.2) is 5.82 Å². The fourth-order valence-corrected chi connectivity index (χ4v) is 1.56. The molecule has 0 bridgehead atoms. The molecule has 2 rings (SSSR count). The summed E-state index contributed by atoms with van der Waals surface area (Å²) < 4.78 is 5.13. The Morgan fingerprint density at radius 1 is 1.56 bits per heavy atom. The molecular weight excluding hydrogens is 230 g/mol. The molecule has 6 heteroatoms. The minimum atomic E-state index is 0.269. The number of ether oxygens (including phenoxy) is 1. The Bertz CT molecular complexity index is 584. The van der Waals surface area contributed by atoms with E-state index in [0.29, 0.717) is 17.9 Å². The quantitative estimate of drug-likeness (QED) is 0.755. The van der Waals surface area contributed by atoms with Crippen LogP contribution in [0.25, 0.3) is 0 Å². The summed E-state index contributed by atoms with van der Waals surface area (Å²) in [5.41, 5.74) is 6.92. The van der Waals surface area contributed by atoms with E-state index in [9.17, 15) is 0 Å². The van der Waals surface area contributed by atoms with E-state index < -0.39 is 0 Å². The number of nitrogen functional groups attached to an aromatic ring is 1. The van der Waals surface area contributed by atoms with Crippen molar-refractivity contribution in [2.75, 3.05) is 18.2 Å². The molecule has 0 aliphatic carbocycles. The average Bonchev–Trinajstić information content (AvgIpc) is 2.77. The molecule has 0 radical (unpaired) electrons. The third kappa shape index (κ3) is 2.35. The van der Waals surface area contributed by atoms with Crippen LogP contribution in [-0.2, 0) is 6.54 Å². The van der Waals surface area contributed by atoms with Crippen LogP contribution < -0.4 is 15.8 Å². The van der Waals surface area contributed by atoms with Crippen molar-refractivity contribution in [1.82, 2.24) is 10.2 Å². The van der Waals surface area contributed by atoms with Crippen LogP contribution in [0.15, 0.2) is 24.3 Å². The van der Waals surface area contributed by atoms with Crippen LogP contribution in [-0.4, -0.2) is 17.3 Å². The topological polar surface area (TPSA) is 99.8 Å². The lowest BCUT2D eigenvalue weighted by Gasteiger charge is -2.05. The number of benzene rings is 1. The maximum Gasteiger partial charge on any atom is 0.168 e. The molecule has 1 aromatic carbocycles. The van der Waals surface area contributed by atoms with E-state index in [1.807, 2.05) is 30.3 Å². The number of methoxy groups -OCH3 is 1. The molecule has 0 unspecified atom stereocenters. The molecule has 18 heavy (non-hydrogen) atoms. The van der Waals surface area contributed by atoms with Crippen molar-refractivity contribution in [3.8, 4) is 11.8 Å². The molecule has 4 N–H and O–H groups in total. The number of hydrogen-bond acceptors (Lipinski definition) is 5. The smallest absolute Gasteiger partial charge is 0.168 e. The zero-order valence-corrected chi connectivity index (χ0v) is 9.90. The van der Waals surface area contributed by atoms with Crippen molar-refractivity contribution in [1.29, 1.82) is 5.26 Å². The summed E-state index contributed by atoms with van der Waals surface area (Å²) in [7, 11) is 1.62. The number of nitrogens with two attached hydrogens (primary N) is 1. The molecule has 92 valence electrons. The van der Waals surface area contributed by atoms with E-state index in [4.69, 9.17) is 15.7 Å². The molecule has 0 atom stereocenters. The number of rotatable bonds is 4. The van der Waals surface area contributed by atoms with E-state index in [1.165, 1.54) is 0 Å². The van der Waals surface area contributed by atoms with Crippen LogP contribution in [0.5, 0.6) is 5.75 Å². The molecule has 1 heterocycles. The minimum Gasteiger partial charge on any atom is -0.497 e. The molecule has 0 fully saturated rings. The van der Waals surface area contributed by atoms with Gasteiger partial charge in [-0.1, -0.05) is 12.1 Å². The second-order valence-electron chi connectivity index (χ2n) is 3.68. The zero-order valence-electron chi connectivity index (χ0n) is 9.90. The Morgan fingerprint density at radius 2 is 2.39 bits per heavy atom. The first-order valence-corrected chi connectivity index (χ1v) is 5.35. The van der Waals surface area contributed by atoms with Crippen LogP contribution in [0.3, 0.4) is 0 Å². The second-order valence-corrected chi connectivity index (χ2v) is 3.68. The van der Waals surface area contributed by atoms with Gasteiger partial charge in [-0.15, -0.1) is 0 Å². The largest absolute Gasteiger partial charge is 0.497 e. The fraction of sp³-hybridized carbons (Fsp3) is 0.167. The summed E-state index contributed by atoms with van der Waals surface area (Å²) in [6.07, 6.45) is 0. The lowest BCUT2D eigenvalue weighted by molar-refractivity contribution is 0.414. The van der Waals surface area contributed by atoms with Crippen molar-refractivity contribution in [2.45, 2.75) is 6.54 Å². The number of aromatic amines is 1. The Balaban J connectivity index is 2.09. The first-order chi connectivity index (χ1) is 8.74. The highest BCUT2D eigenvalue weighted by atomic mass is 16.5. The van der Waals surface area contributed by atoms with E-state index in [1.54, 1.807) is 7.11 Å². The van der Waals surface area contributed by atoms with Crippen molar-refractivity contribution >= 4 is 11.6 Å². The number of nitrogens with one attached hydrogen (secondary N) is 2. The molecule has 1 aromatic heterocycles. The lowest BCUT2D eigenvalue weighted by atomic mass is 10.2. The zero-order chi connectivity index (χ0) is 13.0. The van der Waals surface area contributed by atoms with Gasteiger partial charge >= 0.3 is 0 Å². The van der Waals surface area contributed by atoms with Gasteiger partial charge < -0.3 is 15.8 Å². The third-order valence-corrected chi connectivity index (χ3v) is 2.50. The van der Waals surface area contributed by atoms with E-state index in [0.717, 1.165) is 11.3 Å². The highest BCUT2D eigenvalue weighted by molar-refractivity contribution is 5.62. The normalized spacial score (nSPS) is 9.78. The van der Waals surface area contributed by atoms with E-state index in [-0.39, 0.29) is 5.82 Å². The van der Waals surface area contributed by atoms with Gasteiger partial charge in [-0.05, 0) is 17.7 Å². The van der Waals surface area contributed by atoms with Crippen LogP contribution >= 0.6 is 0 Å². The Kier molecular flexibility index (Phi) is 3.34. The fourth-order valence-electron chi connectivity index (χ4n) is 1.56. The standard InChI is InChI=1S/C12H13N5O/c1-18-9-4-2-3-8(5-9)7-15-12-10(6-13)11(14)16-17-12/h2-5H,7H2,1H3,(H4,14,15,16,17). The second kappa shape index (κ2) is 5.10. The molecule has 6 nitrogen and oxygen atoms in total. The van der Waals surface area contributed by atoms with Gasteiger partial charge in [0.1, 0.15) is 23.2 Å². The average molecular weight is 243 g/mol. The van der Waals surface area contributed by atoms with Gasteiger partial charge in [0.2, 0.25) is 0 Å². The molecule has 0 saturated heterocycles. The number of anilines is 2. The number of nitrogens with zero attached hydrogens (tertiary/aromatic N) is 2. The molecule has 0 amide bonds. The molecular formula is C12H13N5O. The predicted octanol–water partition coefficient (Wildman–Crippen LogP) is 1.48. The SMILES string of the molecule is COc1cccc(CNc2n[nH]c(N)c2C#N)c1. The Hall–Kier alpha value is -2.68. The van der Waals surface area contributed by atoms with Crippen molar-refractivity contribution in [3.05, 3.63) is 35.4 Å². The number of H-pyrrole nitrogens is 1. The summed E-state index contributed by atoms with van der Waals surface area (Å²) in [6, 6.07) is 9.64. The predicted molar refractivity (Wildman–Crippen MR) is 68.0 cm³/mol. The maximum absolute atomic E-state index is 8.92. The summed E-state index contributed by atoms with van der Waals surface area (Å²) in [4.78, 5) is 0. The number of hydrogen-bond donors (Lipinski definition) is 3. The molecule has 0 aliphatic heterocycles. The number of aromatic nitrogens is 2. The van der Waals surface area contributed by atoms with Gasteiger partial charge in [0.05, 0.1) is 7.11 Å². The van der Waals surface area contributed by atoms with Gasteiger partial charge in [0.25, 0.3) is 0 Å². The number of nitriles is 1. The van der Waals surface area contributed by atoms with E-state index in [2.05, 4.69) is 15.5 Å². The van der Waals surface area contributed by atoms with Crippen LogP contribution in [0, 0.1) is 11.3 Å². The minimum absolute atomic E-state index is 0.269. The summed E-state index contributed by atoms with van der Waals surface area (Å²) in [6.45, 7) is 0.538.